The number of benzene rings is 2. The van der Waals surface area contributed by atoms with E-state index in [1.807, 2.05) is 18.3 Å². The molecule has 1 fully saturated rings. The van der Waals surface area contributed by atoms with Crippen molar-refractivity contribution in [2.75, 3.05) is 33.8 Å². The molecule has 170 valence electrons. The predicted octanol–water partition coefficient (Wildman–Crippen LogP) is 4.84. The number of nitrogens with zero attached hydrogens (tertiary/aromatic N) is 2. The first kappa shape index (κ1) is 22.4. The van der Waals surface area contributed by atoms with Crippen LogP contribution in [-0.4, -0.2) is 59.7 Å². The number of hydrogen-bond acceptors (Lipinski definition) is 4. The standard InChI is InChI=1S/C26H33N3O3/c1-18-15-24(32-3)22(21-11-12-27-25(18)21)16-28(2)23(17-29-13-5-4-6-14-29)19-7-9-20(10-8-19)26(30)31/h7-12,15,23,27H,4-6,13-14,16-17H2,1-3H3,(H,30,31)/t23-/m0/s1. The monoisotopic (exact) mass is 435 g/mol. The smallest absolute Gasteiger partial charge is 0.335 e. The molecule has 2 heterocycles. The molecule has 1 aromatic heterocycles. The molecule has 0 saturated carbocycles. The van der Waals surface area contributed by atoms with Gasteiger partial charge < -0.3 is 19.7 Å². The number of fused-ring (bicyclic) bond motifs is 1. The molecule has 32 heavy (non-hydrogen) atoms. The highest BCUT2D eigenvalue weighted by Crippen LogP contribution is 2.33. The number of H-pyrrole nitrogens is 1. The van der Waals surface area contributed by atoms with Crippen molar-refractivity contribution in [1.29, 1.82) is 0 Å². The van der Waals surface area contributed by atoms with Gasteiger partial charge in [-0.3, -0.25) is 4.90 Å². The van der Waals surface area contributed by atoms with Gasteiger partial charge in [0.15, 0.2) is 0 Å². The van der Waals surface area contributed by atoms with Gasteiger partial charge in [0, 0.05) is 41.8 Å². The van der Waals surface area contributed by atoms with Crippen LogP contribution >= 0.6 is 0 Å². The van der Waals surface area contributed by atoms with Crippen LogP contribution < -0.4 is 4.74 Å². The minimum absolute atomic E-state index is 0.149. The number of likely N-dealkylation sites (N-methyl/N-ethyl adjacent to an activating group) is 1. The number of hydrogen-bond donors (Lipinski definition) is 2. The van der Waals surface area contributed by atoms with Crippen molar-refractivity contribution in [3.63, 3.8) is 0 Å². The average Bonchev–Trinajstić information content (AvgIpc) is 3.30. The molecule has 1 atom stereocenters. The maximum Gasteiger partial charge on any atom is 0.335 e. The molecular weight excluding hydrogens is 402 g/mol. The first-order valence-electron chi connectivity index (χ1n) is 11.4. The maximum absolute atomic E-state index is 11.3. The molecule has 3 aromatic rings. The number of nitrogens with one attached hydrogen (secondary N) is 1. The van der Waals surface area contributed by atoms with Gasteiger partial charge in [-0.25, -0.2) is 4.79 Å². The van der Waals surface area contributed by atoms with Crippen molar-refractivity contribution in [1.82, 2.24) is 14.8 Å². The van der Waals surface area contributed by atoms with Gasteiger partial charge >= 0.3 is 5.97 Å². The lowest BCUT2D eigenvalue weighted by atomic mass is 9.99. The van der Waals surface area contributed by atoms with Crippen LogP contribution in [0.25, 0.3) is 10.9 Å². The third kappa shape index (κ3) is 4.66. The minimum atomic E-state index is -0.892. The Balaban J connectivity index is 1.66. The van der Waals surface area contributed by atoms with Crippen LogP contribution in [0.4, 0.5) is 0 Å². The first-order chi connectivity index (χ1) is 15.5. The molecule has 2 N–H and O–H groups in total. The largest absolute Gasteiger partial charge is 0.496 e. The van der Waals surface area contributed by atoms with Gasteiger partial charge in [-0.1, -0.05) is 18.6 Å². The molecule has 0 unspecified atom stereocenters. The van der Waals surface area contributed by atoms with Gasteiger partial charge in [0.2, 0.25) is 0 Å². The number of piperidine rings is 1. The molecule has 0 amide bonds. The number of carboxylic acid groups (broad SMARTS) is 1. The van der Waals surface area contributed by atoms with E-state index < -0.39 is 5.97 Å². The van der Waals surface area contributed by atoms with E-state index in [1.54, 1.807) is 19.2 Å². The second kappa shape index (κ2) is 9.76. The molecule has 6 nitrogen and oxygen atoms in total. The van der Waals surface area contributed by atoms with E-state index in [0.717, 1.165) is 43.0 Å². The lowest BCUT2D eigenvalue weighted by Gasteiger charge is -2.35. The summed E-state index contributed by atoms with van der Waals surface area (Å²) in [7, 11) is 3.88. The Kier molecular flexibility index (Phi) is 6.82. The number of ether oxygens (including phenoxy) is 1. The molecular formula is C26H33N3O3. The number of aromatic nitrogens is 1. The Morgan fingerprint density at radius 1 is 1.19 bits per heavy atom. The predicted molar refractivity (Wildman–Crippen MR) is 127 cm³/mol. The fourth-order valence-corrected chi connectivity index (χ4v) is 4.87. The van der Waals surface area contributed by atoms with Gasteiger partial charge in [-0.05, 0) is 75.3 Å². The van der Waals surface area contributed by atoms with Crippen LogP contribution in [0.3, 0.4) is 0 Å². The SMILES string of the molecule is COc1cc(C)c2[nH]ccc2c1CN(C)[C@@H](CN1CCCCC1)c1ccc(C(=O)O)cc1. The van der Waals surface area contributed by atoms with Crippen molar-refractivity contribution >= 4 is 16.9 Å². The van der Waals surface area contributed by atoms with Gasteiger partial charge in [0.25, 0.3) is 0 Å². The maximum atomic E-state index is 11.3. The third-order valence-corrected chi connectivity index (χ3v) is 6.69. The summed E-state index contributed by atoms with van der Waals surface area (Å²) in [5.74, 6) is 0.0103. The van der Waals surface area contributed by atoms with Crippen molar-refractivity contribution in [2.45, 2.75) is 38.8 Å². The number of aromatic amines is 1. The average molecular weight is 436 g/mol. The topological polar surface area (TPSA) is 68.8 Å². The molecule has 0 spiro atoms. The van der Waals surface area contributed by atoms with E-state index in [9.17, 15) is 9.90 Å². The Labute approximate surface area is 189 Å². The molecule has 0 radical (unpaired) electrons. The number of methoxy groups -OCH3 is 1. The van der Waals surface area contributed by atoms with Crippen molar-refractivity contribution in [3.8, 4) is 5.75 Å². The number of carbonyl (C=O) groups is 1. The second-order valence-corrected chi connectivity index (χ2v) is 8.86. The number of aromatic carboxylic acids is 1. The zero-order valence-corrected chi connectivity index (χ0v) is 19.2. The van der Waals surface area contributed by atoms with Crippen molar-refractivity contribution in [2.24, 2.45) is 0 Å². The van der Waals surface area contributed by atoms with E-state index in [0.29, 0.717) is 5.56 Å². The lowest BCUT2D eigenvalue weighted by Crippen LogP contribution is -2.39. The van der Waals surface area contributed by atoms with Crippen LogP contribution in [0.2, 0.25) is 0 Å². The third-order valence-electron chi connectivity index (χ3n) is 6.69. The lowest BCUT2D eigenvalue weighted by molar-refractivity contribution is 0.0696. The fraction of sp³-hybridized carbons (Fsp3) is 0.423. The number of rotatable bonds is 8. The van der Waals surface area contributed by atoms with E-state index in [1.165, 1.54) is 35.8 Å². The fourth-order valence-electron chi connectivity index (χ4n) is 4.87. The molecule has 4 rings (SSSR count). The van der Waals surface area contributed by atoms with E-state index in [-0.39, 0.29) is 6.04 Å². The van der Waals surface area contributed by atoms with E-state index in [2.05, 4.69) is 40.9 Å². The van der Waals surface area contributed by atoms with Gasteiger partial charge in [0.1, 0.15) is 5.75 Å². The van der Waals surface area contributed by atoms with Gasteiger partial charge in [0.05, 0.1) is 12.7 Å². The molecule has 2 aromatic carbocycles. The number of likely N-dealkylation sites (tertiary alicyclic amines) is 1. The van der Waals surface area contributed by atoms with Crippen LogP contribution in [0.1, 0.15) is 52.4 Å². The Hall–Kier alpha value is -2.83. The summed E-state index contributed by atoms with van der Waals surface area (Å²) in [5.41, 5.74) is 4.94. The highest BCUT2D eigenvalue weighted by Gasteiger charge is 2.24. The molecule has 1 aliphatic heterocycles. The molecule has 0 bridgehead atoms. The highest BCUT2D eigenvalue weighted by atomic mass is 16.5. The summed E-state index contributed by atoms with van der Waals surface area (Å²) in [5, 5.41) is 10.5. The van der Waals surface area contributed by atoms with Crippen LogP contribution in [0, 0.1) is 6.92 Å². The van der Waals surface area contributed by atoms with Crippen LogP contribution in [0.15, 0.2) is 42.6 Å². The summed E-state index contributed by atoms with van der Waals surface area (Å²) < 4.78 is 5.77. The minimum Gasteiger partial charge on any atom is -0.496 e. The Bertz CT molecular complexity index is 1070. The first-order valence-corrected chi connectivity index (χ1v) is 11.4. The molecule has 1 aliphatic rings. The molecule has 0 aliphatic carbocycles. The van der Waals surface area contributed by atoms with Crippen LogP contribution in [0.5, 0.6) is 5.75 Å². The zero-order chi connectivity index (χ0) is 22.7. The number of aryl methyl sites for hydroxylation is 1. The van der Waals surface area contributed by atoms with Crippen molar-refractivity contribution in [3.05, 3.63) is 64.8 Å². The Morgan fingerprint density at radius 3 is 2.56 bits per heavy atom. The summed E-state index contributed by atoms with van der Waals surface area (Å²) in [4.78, 5) is 19.6. The second-order valence-electron chi connectivity index (χ2n) is 8.86. The highest BCUT2D eigenvalue weighted by molar-refractivity contribution is 5.88. The summed E-state index contributed by atoms with van der Waals surface area (Å²) in [6.45, 7) is 5.99. The van der Waals surface area contributed by atoms with E-state index >= 15 is 0 Å². The summed E-state index contributed by atoms with van der Waals surface area (Å²) >= 11 is 0. The van der Waals surface area contributed by atoms with Gasteiger partial charge in [-0.15, -0.1) is 0 Å². The van der Waals surface area contributed by atoms with Gasteiger partial charge in [-0.2, -0.15) is 0 Å². The normalized spacial score (nSPS) is 15.9. The quantitative estimate of drug-likeness (QED) is 0.530. The van der Waals surface area contributed by atoms with E-state index in [4.69, 9.17) is 4.74 Å². The van der Waals surface area contributed by atoms with Crippen molar-refractivity contribution < 1.29 is 14.6 Å². The zero-order valence-electron chi connectivity index (χ0n) is 19.2. The Morgan fingerprint density at radius 2 is 1.91 bits per heavy atom. The number of carboxylic acids is 1. The summed E-state index contributed by atoms with van der Waals surface area (Å²) in [6, 6.07) is 11.7. The van der Waals surface area contributed by atoms with Crippen LogP contribution in [-0.2, 0) is 6.54 Å². The summed E-state index contributed by atoms with van der Waals surface area (Å²) in [6.07, 6.45) is 5.76. The molecule has 6 heteroatoms. The molecule has 1 saturated heterocycles.